The smallest absolute Gasteiger partial charge is 0.254 e. The van der Waals surface area contributed by atoms with Gasteiger partial charge in [0.15, 0.2) is 0 Å². The Morgan fingerprint density at radius 2 is 2.04 bits per heavy atom. The van der Waals surface area contributed by atoms with Gasteiger partial charge in [-0.15, -0.1) is 11.3 Å². The molecule has 0 spiro atoms. The first-order chi connectivity index (χ1) is 12.8. The van der Waals surface area contributed by atoms with Gasteiger partial charge in [-0.3, -0.25) is 9.69 Å². The summed E-state index contributed by atoms with van der Waals surface area (Å²) in [6.45, 7) is 6.56. The summed E-state index contributed by atoms with van der Waals surface area (Å²) >= 11 is 1.59. The first-order valence-corrected chi connectivity index (χ1v) is 10.1. The van der Waals surface area contributed by atoms with Crippen molar-refractivity contribution < 1.29 is 18.1 Å². The number of amides is 1. The van der Waals surface area contributed by atoms with Gasteiger partial charge in [0.2, 0.25) is 0 Å². The highest BCUT2D eigenvalue weighted by atomic mass is 32.1. The van der Waals surface area contributed by atoms with Crippen molar-refractivity contribution >= 4 is 17.2 Å². The van der Waals surface area contributed by atoms with Crippen LogP contribution in [0.2, 0.25) is 0 Å². The molecular weight excluding hydrogens is 372 g/mol. The van der Waals surface area contributed by atoms with E-state index in [9.17, 15) is 13.6 Å². The molecule has 0 N–H and O–H groups in total. The second-order valence-corrected chi connectivity index (χ2v) is 8.43. The van der Waals surface area contributed by atoms with Crippen LogP contribution in [-0.4, -0.2) is 46.4 Å². The van der Waals surface area contributed by atoms with E-state index in [1.807, 2.05) is 19.2 Å². The van der Waals surface area contributed by atoms with Crippen molar-refractivity contribution in [3.8, 4) is 0 Å². The van der Waals surface area contributed by atoms with E-state index in [4.69, 9.17) is 4.52 Å². The predicted octanol–water partition coefficient (Wildman–Crippen LogP) is 3.78. The molecule has 146 valence electrons. The molecule has 0 unspecified atom stereocenters. The van der Waals surface area contributed by atoms with Crippen LogP contribution in [-0.2, 0) is 19.5 Å². The third kappa shape index (κ3) is 3.65. The van der Waals surface area contributed by atoms with Crippen LogP contribution >= 0.6 is 11.3 Å². The number of alkyl halides is 2. The summed E-state index contributed by atoms with van der Waals surface area (Å²) in [6.07, 6.45) is 0.319. The molecule has 1 saturated heterocycles. The Morgan fingerprint density at radius 3 is 2.70 bits per heavy atom. The highest BCUT2D eigenvalue weighted by Gasteiger charge is 2.37. The van der Waals surface area contributed by atoms with Gasteiger partial charge < -0.3 is 9.42 Å². The monoisotopic (exact) mass is 395 g/mol. The van der Waals surface area contributed by atoms with Gasteiger partial charge in [-0.05, 0) is 25.8 Å². The molecule has 27 heavy (non-hydrogen) atoms. The summed E-state index contributed by atoms with van der Waals surface area (Å²) in [4.78, 5) is 17.9. The van der Waals surface area contributed by atoms with E-state index in [1.54, 1.807) is 16.2 Å². The Balaban J connectivity index is 1.45. The summed E-state index contributed by atoms with van der Waals surface area (Å²) in [5.41, 5.74) is 3.84. The molecule has 1 amide bonds. The molecule has 0 bridgehead atoms. The Morgan fingerprint density at radius 1 is 1.30 bits per heavy atom. The SMILES string of the molecule is Cc1noc(C)c1CN1CCc2c(C(=O)N3CCC(F)(F)CC3)csc2C1. The lowest BCUT2D eigenvalue weighted by Gasteiger charge is -2.32. The fraction of sp³-hybridized carbons (Fsp3) is 0.579. The zero-order chi connectivity index (χ0) is 19.2. The van der Waals surface area contributed by atoms with Crippen molar-refractivity contribution in [3.05, 3.63) is 38.4 Å². The molecule has 2 aromatic rings. The quantitative estimate of drug-likeness (QED) is 0.794. The van der Waals surface area contributed by atoms with E-state index in [0.29, 0.717) is 5.56 Å². The van der Waals surface area contributed by atoms with Crippen LogP contribution in [0.5, 0.6) is 0 Å². The van der Waals surface area contributed by atoms with Crippen LogP contribution in [0, 0.1) is 13.8 Å². The lowest BCUT2D eigenvalue weighted by molar-refractivity contribution is -0.0494. The number of hydrogen-bond acceptors (Lipinski definition) is 5. The zero-order valence-electron chi connectivity index (χ0n) is 15.6. The van der Waals surface area contributed by atoms with E-state index in [0.717, 1.165) is 48.6 Å². The van der Waals surface area contributed by atoms with Crippen molar-refractivity contribution in [2.24, 2.45) is 0 Å². The maximum absolute atomic E-state index is 13.4. The number of fused-ring (bicyclic) bond motifs is 1. The van der Waals surface area contributed by atoms with E-state index in [1.165, 1.54) is 4.88 Å². The second-order valence-electron chi connectivity index (χ2n) is 7.46. The van der Waals surface area contributed by atoms with E-state index >= 15 is 0 Å². The third-order valence-electron chi connectivity index (χ3n) is 5.60. The highest BCUT2D eigenvalue weighted by Crippen LogP contribution is 2.33. The number of thiophene rings is 1. The van der Waals surface area contributed by atoms with Crippen LogP contribution in [0.3, 0.4) is 0 Å². The molecule has 0 atom stereocenters. The van der Waals surface area contributed by atoms with Crippen molar-refractivity contribution in [2.45, 2.75) is 52.1 Å². The van der Waals surface area contributed by atoms with Gasteiger partial charge in [-0.1, -0.05) is 5.16 Å². The molecule has 5 nitrogen and oxygen atoms in total. The number of carbonyl (C=O) groups excluding carboxylic acids is 1. The van der Waals surface area contributed by atoms with Gasteiger partial charge in [0.1, 0.15) is 5.76 Å². The molecule has 2 aromatic heterocycles. The van der Waals surface area contributed by atoms with E-state index in [2.05, 4.69) is 10.1 Å². The average molecular weight is 395 g/mol. The van der Waals surface area contributed by atoms with E-state index in [-0.39, 0.29) is 31.8 Å². The maximum Gasteiger partial charge on any atom is 0.254 e. The topological polar surface area (TPSA) is 49.6 Å². The fourth-order valence-electron chi connectivity index (χ4n) is 3.85. The Labute approximate surface area is 160 Å². The highest BCUT2D eigenvalue weighted by molar-refractivity contribution is 7.10. The maximum atomic E-state index is 13.4. The second kappa shape index (κ2) is 6.98. The van der Waals surface area contributed by atoms with E-state index < -0.39 is 5.92 Å². The first kappa shape index (κ1) is 18.6. The zero-order valence-corrected chi connectivity index (χ0v) is 16.4. The molecule has 0 aromatic carbocycles. The van der Waals surface area contributed by atoms with Gasteiger partial charge >= 0.3 is 0 Å². The van der Waals surface area contributed by atoms with Crippen LogP contribution < -0.4 is 0 Å². The van der Waals surface area contributed by atoms with Gasteiger partial charge in [-0.2, -0.15) is 0 Å². The molecule has 0 saturated carbocycles. The van der Waals surface area contributed by atoms with Crippen molar-refractivity contribution in [2.75, 3.05) is 19.6 Å². The molecule has 0 radical (unpaired) electrons. The largest absolute Gasteiger partial charge is 0.361 e. The number of aromatic nitrogens is 1. The summed E-state index contributed by atoms with van der Waals surface area (Å²) in [5.74, 6) is -1.88. The van der Waals surface area contributed by atoms with Crippen LogP contribution in [0.25, 0.3) is 0 Å². The number of rotatable bonds is 3. The van der Waals surface area contributed by atoms with Crippen molar-refractivity contribution in [3.63, 3.8) is 0 Å². The summed E-state index contributed by atoms with van der Waals surface area (Å²) in [7, 11) is 0. The lowest BCUT2D eigenvalue weighted by Crippen LogP contribution is -2.43. The summed E-state index contributed by atoms with van der Waals surface area (Å²) < 4.78 is 32.0. The van der Waals surface area contributed by atoms with Gasteiger partial charge in [-0.25, -0.2) is 8.78 Å². The predicted molar refractivity (Wildman–Crippen MR) is 98.2 cm³/mol. The molecular formula is C19H23F2N3O2S. The normalized spacial score (nSPS) is 19.9. The number of piperidine rings is 1. The Kier molecular flexibility index (Phi) is 4.80. The molecule has 1 fully saturated rings. The Bertz CT molecular complexity index is 832. The molecule has 4 rings (SSSR count). The fourth-order valence-corrected chi connectivity index (χ4v) is 4.97. The van der Waals surface area contributed by atoms with Crippen molar-refractivity contribution in [1.82, 2.24) is 15.0 Å². The van der Waals surface area contributed by atoms with Gasteiger partial charge in [0.25, 0.3) is 11.8 Å². The molecule has 2 aliphatic rings. The number of halogens is 2. The number of hydrogen-bond donors (Lipinski definition) is 0. The summed E-state index contributed by atoms with van der Waals surface area (Å²) in [6, 6.07) is 0. The minimum Gasteiger partial charge on any atom is -0.361 e. The minimum absolute atomic E-state index is 0.0952. The van der Waals surface area contributed by atoms with Crippen LogP contribution in [0.1, 0.15) is 50.7 Å². The Hall–Kier alpha value is -1.80. The lowest BCUT2D eigenvalue weighted by atomic mass is 10.0. The number of likely N-dealkylation sites (tertiary alicyclic amines) is 1. The number of nitrogens with zero attached hydrogens (tertiary/aromatic N) is 3. The molecule has 4 heterocycles. The number of aryl methyl sites for hydroxylation is 2. The minimum atomic E-state index is -2.64. The standard InChI is InChI=1S/C19H23F2N3O2S/c1-12-15(13(2)26-22-12)9-23-6-3-14-16(11-27-17(14)10-23)18(25)24-7-4-19(20,21)5-8-24/h11H,3-10H2,1-2H3. The molecule has 0 aliphatic carbocycles. The third-order valence-corrected chi connectivity index (χ3v) is 6.62. The molecule has 8 heteroatoms. The van der Waals surface area contributed by atoms with Crippen LogP contribution in [0.15, 0.2) is 9.90 Å². The number of carbonyl (C=O) groups is 1. The van der Waals surface area contributed by atoms with Gasteiger partial charge in [0.05, 0.1) is 11.3 Å². The molecule has 2 aliphatic heterocycles. The van der Waals surface area contributed by atoms with Crippen LogP contribution in [0.4, 0.5) is 8.78 Å². The summed E-state index contributed by atoms with van der Waals surface area (Å²) in [5, 5.41) is 5.91. The average Bonchev–Trinajstić information content (AvgIpc) is 3.19. The van der Waals surface area contributed by atoms with Crippen molar-refractivity contribution in [1.29, 1.82) is 0 Å². The first-order valence-electron chi connectivity index (χ1n) is 9.24. The van der Waals surface area contributed by atoms with Gasteiger partial charge in [0, 0.05) is 61.4 Å².